The fraction of sp³-hybridized carbons (Fsp3) is 0. The van der Waals surface area contributed by atoms with Gasteiger partial charge in [0, 0.05) is 11.3 Å². The average molecular weight is 327 g/mol. The molecule has 110 valence electrons. The van der Waals surface area contributed by atoms with E-state index < -0.39 is 15.9 Å². The first kappa shape index (κ1) is 15.3. The number of amides is 1. The van der Waals surface area contributed by atoms with E-state index in [1.807, 2.05) is 0 Å². The van der Waals surface area contributed by atoms with Crippen LogP contribution >= 0.6 is 11.6 Å². The van der Waals surface area contributed by atoms with E-state index in [0.717, 1.165) is 0 Å². The molecular formula is C13H11ClN2O4S. The van der Waals surface area contributed by atoms with Crippen LogP contribution in [0.1, 0.15) is 10.4 Å². The van der Waals surface area contributed by atoms with Gasteiger partial charge < -0.3 is 10.4 Å². The van der Waals surface area contributed by atoms with Crippen molar-refractivity contribution >= 4 is 33.2 Å². The van der Waals surface area contributed by atoms with Crippen LogP contribution < -0.4 is 10.5 Å². The maximum atomic E-state index is 12.0. The van der Waals surface area contributed by atoms with Gasteiger partial charge in [-0.1, -0.05) is 17.7 Å². The van der Waals surface area contributed by atoms with Crippen molar-refractivity contribution in [1.29, 1.82) is 0 Å². The van der Waals surface area contributed by atoms with Gasteiger partial charge in [-0.15, -0.1) is 0 Å². The second kappa shape index (κ2) is 5.72. The standard InChI is InChI=1S/C13H11ClN2O4S/c14-11-6-8(4-5-12(11)17)13(18)16-9-2-1-3-10(7-9)21(15,19)20/h1-7,17H,(H,16,18)(H2,15,19,20). The zero-order valence-electron chi connectivity index (χ0n) is 10.6. The number of sulfonamides is 1. The summed E-state index contributed by atoms with van der Waals surface area (Å²) in [6.07, 6.45) is 0. The Hall–Kier alpha value is -2.09. The number of benzene rings is 2. The summed E-state index contributed by atoms with van der Waals surface area (Å²) >= 11 is 5.72. The van der Waals surface area contributed by atoms with Crippen molar-refractivity contribution in [2.45, 2.75) is 4.90 Å². The fourth-order valence-corrected chi connectivity index (χ4v) is 2.34. The predicted octanol–water partition coefficient (Wildman–Crippen LogP) is 1.95. The van der Waals surface area contributed by atoms with Crippen LogP contribution in [0.4, 0.5) is 5.69 Å². The number of carbonyl (C=O) groups excluding carboxylic acids is 1. The van der Waals surface area contributed by atoms with Gasteiger partial charge in [0.2, 0.25) is 10.0 Å². The second-order valence-electron chi connectivity index (χ2n) is 4.19. The van der Waals surface area contributed by atoms with Gasteiger partial charge in [-0.3, -0.25) is 4.79 Å². The Labute approximate surface area is 126 Å². The van der Waals surface area contributed by atoms with E-state index in [9.17, 15) is 18.3 Å². The summed E-state index contributed by atoms with van der Waals surface area (Å²) in [7, 11) is -3.84. The first-order valence-electron chi connectivity index (χ1n) is 5.70. The maximum Gasteiger partial charge on any atom is 0.255 e. The van der Waals surface area contributed by atoms with Gasteiger partial charge in [-0.25, -0.2) is 13.6 Å². The molecule has 0 heterocycles. The number of nitrogens with one attached hydrogen (secondary N) is 1. The van der Waals surface area contributed by atoms with Crippen LogP contribution in [0.2, 0.25) is 5.02 Å². The van der Waals surface area contributed by atoms with E-state index in [2.05, 4.69) is 5.32 Å². The van der Waals surface area contributed by atoms with Crippen molar-refractivity contribution in [3.63, 3.8) is 0 Å². The number of anilines is 1. The zero-order chi connectivity index (χ0) is 15.6. The molecule has 4 N–H and O–H groups in total. The number of hydrogen-bond donors (Lipinski definition) is 3. The Morgan fingerprint density at radius 1 is 1.19 bits per heavy atom. The topological polar surface area (TPSA) is 109 Å². The average Bonchev–Trinajstić information content (AvgIpc) is 2.41. The highest BCUT2D eigenvalue weighted by molar-refractivity contribution is 7.89. The minimum absolute atomic E-state index is 0.0425. The van der Waals surface area contributed by atoms with Gasteiger partial charge >= 0.3 is 0 Å². The molecule has 0 unspecified atom stereocenters. The maximum absolute atomic E-state index is 12.0. The molecule has 8 heteroatoms. The van der Waals surface area contributed by atoms with Crippen molar-refractivity contribution in [2.75, 3.05) is 5.32 Å². The van der Waals surface area contributed by atoms with Crippen LogP contribution in [-0.2, 0) is 10.0 Å². The third-order valence-electron chi connectivity index (χ3n) is 2.63. The first-order valence-corrected chi connectivity index (χ1v) is 7.62. The van der Waals surface area contributed by atoms with Crippen LogP contribution in [0.3, 0.4) is 0 Å². The molecule has 2 aromatic rings. The fourth-order valence-electron chi connectivity index (χ4n) is 1.60. The largest absolute Gasteiger partial charge is 0.506 e. The van der Waals surface area contributed by atoms with Gasteiger partial charge in [0.15, 0.2) is 0 Å². The number of aromatic hydroxyl groups is 1. The van der Waals surface area contributed by atoms with E-state index in [1.165, 1.54) is 42.5 Å². The molecule has 0 fully saturated rings. The zero-order valence-corrected chi connectivity index (χ0v) is 12.1. The van der Waals surface area contributed by atoms with Crippen LogP contribution in [-0.4, -0.2) is 19.4 Å². The lowest BCUT2D eigenvalue weighted by Crippen LogP contribution is -2.14. The number of primary sulfonamides is 1. The van der Waals surface area contributed by atoms with Gasteiger partial charge in [0.1, 0.15) is 5.75 Å². The van der Waals surface area contributed by atoms with Gasteiger partial charge in [0.25, 0.3) is 5.91 Å². The Kier molecular flexibility index (Phi) is 4.17. The summed E-state index contributed by atoms with van der Waals surface area (Å²) in [4.78, 5) is 11.9. The summed E-state index contributed by atoms with van der Waals surface area (Å²) in [5.41, 5.74) is 0.495. The van der Waals surface area contributed by atoms with E-state index in [-0.39, 0.29) is 26.9 Å². The van der Waals surface area contributed by atoms with Crippen LogP contribution in [0.15, 0.2) is 47.4 Å². The number of phenolic OH excluding ortho intramolecular Hbond substituents is 1. The smallest absolute Gasteiger partial charge is 0.255 e. The summed E-state index contributed by atoms with van der Waals surface area (Å²) < 4.78 is 22.5. The Bertz CT molecular complexity index is 806. The SMILES string of the molecule is NS(=O)(=O)c1cccc(NC(=O)c2ccc(O)c(Cl)c2)c1. The van der Waals surface area contributed by atoms with Crippen LogP contribution in [0.25, 0.3) is 0 Å². The van der Waals surface area contributed by atoms with E-state index in [4.69, 9.17) is 16.7 Å². The highest BCUT2D eigenvalue weighted by Gasteiger charge is 2.11. The van der Waals surface area contributed by atoms with Crippen molar-refractivity contribution in [1.82, 2.24) is 0 Å². The number of nitrogens with two attached hydrogens (primary N) is 1. The molecule has 0 bridgehead atoms. The molecule has 1 amide bonds. The van der Waals surface area contributed by atoms with Crippen LogP contribution in [0, 0.1) is 0 Å². The lowest BCUT2D eigenvalue weighted by molar-refractivity contribution is 0.102. The van der Waals surface area contributed by atoms with E-state index in [1.54, 1.807) is 0 Å². The number of phenols is 1. The lowest BCUT2D eigenvalue weighted by Gasteiger charge is -2.07. The van der Waals surface area contributed by atoms with Gasteiger partial charge in [-0.05, 0) is 36.4 Å². The summed E-state index contributed by atoms with van der Waals surface area (Å²) in [5, 5.41) is 16.9. The number of halogens is 1. The minimum atomic E-state index is -3.84. The quantitative estimate of drug-likeness (QED) is 0.800. The Morgan fingerprint density at radius 2 is 1.90 bits per heavy atom. The lowest BCUT2D eigenvalue weighted by atomic mass is 10.2. The predicted molar refractivity (Wildman–Crippen MR) is 78.9 cm³/mol. The van der Waals surface area contributed by atoms with Crippen LogP contribution in [0.5, 0.6) is 5.75 Å². The molecule has 0 aliphatic rings. The molecule has 0 aromatic heterocycles. The number of carbonyl (C=O) groups is 1. The minimum Gasteiger partial charge on any atom is -0.506 e. The third kappa shape index (κ3) is 3.72. The highest BCUT2D eigenvalue weighted by atomic mass is 35.5. The monoisotopic (exact) mass is 326 g/mol. The molecule has 0 saturated carbocycles. The Morgan fingerprint density at radius 3 is 2.52 bits per heavy atom. The van der Waals surface area contributed by atoms with Gasteiger partial charge in [-0.2, -0.15) is 0 Å². The Balaban J connectivity index is 2.25. The van der Waals surface area contributed by atoms with E-state index in [0.29, 0.717) is 0 Å². The first-order chi connectivity index (χ1) is 9.77. The van der Waals surface area contributed by atoms with E-state index >= 15 is 0 Å². The normalized spacial score (nSPS) is 11.1. The molecule has 0 radical (unpaired) electrons. The number of hydrogen-bond acceptors (Lipinski definition) is 4. The molecule has 2 aromatic carbocycles. The molecule has 2 rings (SSSR count). The molecule has 0 saturated heterocycles. The second-order valence-corrected chi connectivity index (χ2v) is 6.16. The van der Waals surface area contributed by atoms with Crippen molar-refractivity contribution in [2.24, 2.45) is 5.14 Å². The van der Waals surface area contributed by atoms with Gasteiger partial charge in [0.05, 0.1) is 9.92 Å². The molecule has 0 atom stereocenters. The van der Waals surface area contributed by atoms with Crippen molar-refractivity contribution < 1.29 is 18.3 Å². The molecule has 6 nitrogen and oxygen atoms in total. The third-order valence-corrected chi connectivity index (χ3v) is 3.84. The molecule has 21 heavy (non-hydrogen) atoms. The summed E-state index contributed by atoms with van der Waals surface area (Å²) in [6.45, 7) is 0. The number of rotatable bonds is 3. The summed E-state index contributed by atoms with van der Waals surface area (Å²) in [6, 6.07) is 9.53. The van der Waals surface area contributed by atoms with Crippen molar-refractivity contribution in [3.05, 3.63) is 53.1 Å². The summed E-state index contributed by atoms with van der Waals surface area (Å²) in [5.74, 6) is -0.632. The molecule has 0 aliphatic carbocycles. The molecule has 0 spiro atoms. The van der Waals surface area contributed by atoms with Crippen molar-refractivity contribution in [3.8, 4) is 5.75 Å². The molecule has 0 aliphatic heterocycles. The molecular weight excluding hydrogens is 316 g/mol. The highest BCUT2D eigenvalue weighted by Crippen LogP contribution is 2.24.